The van der Waals surface area contributed by atoms with E-state index >= 15 is 0 Å². The number of nitrogens with one attached hydrogen (secondary N) is 1. The van der Waals surface area contributed by atoms with E-state index in [4.69, 9.17) is 10.5 Å². The molecule has 3 heterocycles. The summed E-state index contributed by atoms with van der Waals surface area (Å²) in [5, 5.41) is 2.80. The molecule has 1 unspecified atom stereocenters. The fourth-order valence-electron chi connectivity index (χ4n) is 4.89. The van der Waals surface area contributed by atoms with E-state index in [1.54, 1.807) is 0 Å². The molecule has 174 valence electrons. The second-order valence-electron chi connectivity index (χ2n) is 9.23. The summed E-state index contributed by atoms with van der Waals surface area (Å²) in [4.78, 5) is 17.1. The molecule has 2 bridgehead atoms. The van der Waals surface area contributed by atoms with Gasteiger partial charge in [-0.15, -0.1) is 0 Å². The number of urea groups is 1. The molecular formula is C22H36N4O4S. The van der Waals surface area contributed by atoms with Crippen LogP contribution in [0.2, 0.25) is 0 Å². The Labute approximate surface area is 186 Å². The number of amides is 2. The van der Waals surface area contributed by atoms with Crippen molar-refractivity contribution in [3.63, 3.8) is 0 Å². The molecule has 2 atom stereocenters. The van der Waals surface area contributed by atoms with Crippen molar-refractivity contribution in [2.45, 2.75) is 33.2 Å². The quantitative estimate of drug-likeness (QED) is 0.622. The molecule has 0 saturated carbocycles. The Morgan fingerprint density at radius 2 is 1.90 bits per heavy atom. The highest BCUT2D eigenvalue weighted by molar-refractivity contribution is 7.91. The molecule has 9 heteroatoms. The molecule has 3 fully saturated rings. The van der Waals surface area contributed by atoms with Crippen molar-refractivity contribution in [1.82, 2.24) is 10.2 Å². The SMILES string of the molecule is CCOc1ccc(N2C[C@H]3CN(C(=O)NCCS(=O)(=O)CCN)CC2C(C)(C)C3)cc1. The van der Waals surface area contributed by atoms with Gasteiger partial charge in [-0.2, -0.15) is 0 Å². The summed E-state index contributed by atoms with van der Waals surface area (Å²) < 4.78 is 29.3. The Bertz CT molecular complexity index is 857. The Balaban J connectivity index is 1.69. The van der Waals surface area contributed by atoms with Gasteiger partial charge in [0.1, 0.15) is 5.75 Å². The molecule has 3 N–H and O–H groups in total. The van der Waals surface area contributed by atoms with Crippen LogP contribution in [0.1, 0.15) is 27.2 Å². The molecule has 3 aliphatic heterocycles. The zero-order valence-electron chi connectivity index (χ0n) is 18.8. The average Bonchev–Trinajstić information content (AvgIpc) is 2.96. The number of rotatable bonds is 8. The molecule has 0 aliphatic carbocycles. The Kier molecular flexibility index (Phi) is 7.36. The van der Waals surface area contributed by atoms with Crippen LogP contribution in [0.15, 0.2) is 24.3 Å². The standard InChI is InChI=1S/C22H36N4O4S/c1-4-30-19-7-5-18(6-8-19)26-15-17-13-22(2,3)20(26)16-25(14-17)21(27)24-10-12-31(28,29)11-9-23/h5-8,17,20H,4,9-16,23H2,1-3H3,(H,24,27)/t17-,20?/m1/s1. The van der Waals surface area contributed by atoms with Crippen LogP contribution < -0.4 is 20.7 Å². The fraction of sp³-hybridized carbons (Fsp3) is 0.682. The number of sulfone groups is 1. The highest BCUT2D eigenvalue weighted by Gasteiger charge is 2.46. The van der Waals surface area contributed by atoms with Gasteiger partial charge in [-0.3, -0.25) is 0 Å². The van der Waals surface area contributed by atoms with Gasteiger partial charge in [0.2, 0.25) is 0 Å². The number of carbonyl (C=O) groups is 1. The molecule has 1 aromatic carbocycles. The number of ether oxygens (including phenoxy) is 1. The lowest BCUT2D eigenvalue weighted by Gasteiger charge is -2.48. The maximum Gasteiger partial charge on any atom is 0.317 e. The average molecular weight is 453 g/mol. The lowest BCUT2D eigenvalue weighted by atomic mass is 9.73. The number of fused-ring (bicyclic) bond motifs is 4. The largest absolute Gasteiger partial charge is 0.494 e. The number of hydrogen-bond donors (Lipinski definition) is 2. The molecule has 31 heavy (non-hydrogen) atoms. The van der Waals surface area contributed by atoms with E-state index in [1.807, 2.05) is 24.0 Å². The van der Waals surface area contributed by atoms with Crippen LogP contribution in [0, 0.1) is 11.3 Å². The third-order valence-corrected chi connectivity index (χ3v) is 7.99. The topological polar surface area (TPSA) is 105 Å². The minimum Gasteiger partial charge on any atom is -0.494 e. The summed E-state index contributed by atoms with van der Waals surface area (Å²) in [6.07, 6.45) is 1.06. The van der Waals surface area contributed by atoms with Crippen molar-refractivity contribution in [2.24, 2.45) is 17.1 Å². The number of anilines is 1. The van der Waals surface area contributed by atoms with Crippen LogP contribution >= 0.6 is 0 Å². The van der Waals surface area contributed by atoms with E-state index in [0.29, 0.717) is 25.6 Å². The van der Waals surface area contributed by atoms with Crippen molar-refractivity contribution in [1.29, 1.82) is 0 Å². The lowest BCUT2D eigenvalue weighted by molar-refractivity contribution is 0.187. The van der Waals surface area contributed by atoms with Crippen LogP contribution in [-0.2, 0) is 9.84 Å². The molecule has 3 saturated heterocycles. The molecule has 2 amide bonds. The van der Waals surface area contributed by atoms with Gasteiger partial charge in [0.05, 0.1) is 24.2 Å². The van der Waals surface area contributed by atoms with Gasteiger partial charge in [0.15, 0.2) is 9.84 Å². The van der Waals surface area contributed by atoms with Crippen molar-refractivity contribution in [3.8, 4) is 5.75 Å². The smallest absolute Gasteiger partial charge is 0.317 e. The van der Waals surface area contributed by atoms with E-state index in [0.717, 1.165) is 24.4 Å². The summed E-state index contributed by atoms with van der Waals surface area (Å²) in [6.45, 7) is 9.54. The minimum atomic E-state index is -3.22. The number of nitrogens with zero attached hydrogens (tertiary/aromatic N) is 2. The van der Waals surface area contributed by atoms with E-state index in [-0.39, 0.29) is 42.1 Å². The molecule has 4 rings (SSSR count). The van der Waals surface area contributed by atoms with E-state index in [2.05, 4.69) is 36.2 Å². The number of benzene rings is 1. The van der Waals surface area contributed by atoms with Crippen molar-refractivity contribution >= 4 is 21.6 Å². The molecule has 3 aliphatic rings. The van der Waals surface area contributed by atoms with Gasteiger partial charge in [0.25, 0.3) is 0 Å². The lowest BCUT2D eigenvalue weighted by Crippen LogP contribution is -2.54. The summed E-state index contributed by atoms with van der Waals surface area (Å²) in [6, 6.07) is 8.16. The third kappa shape index (κ3) is 5.83. The zero-order chi connectivity index (χ0) is 22.6. The first-order valence-corrected chi connectivity index (χ1v) is 12.9. The second kappa shape index (κ2) is 9.65. The predicted molar refractivity (Wildman–Crippen MR) is 123 cm³/mol. The van der Waals surface area contributed by atoms with Crippen molar-refractivity contribution in [3.05, 3.63) is 24.3 Å². The molecule has 0 radical (unpaired) electrons. The molecule has 0 spiro atoms. The Morgan fingerprint density at radius 3 is 2.55 bits per heavy atom. The Morgan fingerprint density at radius 1 is 1.19 bits per heavy atom. The second-order valence-corrected chi connectivity index (χ2v) is 11.5. The van der Waals surface area contributed by atoms with Crippen molar-refractivity contribution in [2.75, 3.05) is 55.7 Å². The van der Waals surface area contributed by atoms with E-state index < -0.39 is 9.84 Å². The van der Waals surface area contributed by atoms with Crippen molar-refractivity contribution < 1.29 is 17.9 Å². The monoisotopic (exact) mass is 452 g/mol. The Hall–Kier alpha value is -2.00. The van der Waals surface area contributed by atoms with E-state index in [9.17, 15) is 13.2 Å². The molecule has 8 nitrogen and oxygen atoms in total. The number of hydrogen-bond acceptors (Lipinski definition) is 6. The van der Waals surface area contributed by atoms with Crippen LogP contribution in [0.5, 0.6) is 5.75 Å². The first-order valence-electron chi connectivity index (χ1n) is 11.1. The third-order valence-electron chi connectivity index (χ3n) is 6.30. The highest BCUT2D eigenvalue weighted by atomic mass is 32.2. The first kappa shape index (κ1) is 23.7. The van der Waals surface area contributed by atoms with Gasteiger partial charge in [-0.25, -0.2) is 13.2 Å². The highest BCUT2D eigenvalue weighted by Crippen LogP contribution is 2.43. The number of carbonyl (C=O) groups excluding carboxylic acids is 1. The van der Waals surface area contributed by atoms with Crippen LogP contribution in [0.25, 0.3) is 0 Å². The van der Waals surface area contributed by atoms with E-state index in [1.165, 1.54) is 0 Å². The first-order chi connectivity index (χ1) is 14.6. The summed E-state index contributed by atoms with van der Waals surface area (Å²) in [5.41, 5.74) is 6.54. The molecule has 0 aromatic heterocycles. The maximum absolute atomic E-state index is 12.8. The van der Waals surface area contributed by atoms with Gasteiger partial charge in [-0.05, 0) is 48.9 Å². The molecule has 1 aromatic rings. The maximum atomic E-state index is 12.8. The summed E-state index contributed by atoms with van der Waals surface area (Å²) in [7, 11) is -3.22. The van der Waals surface area contributed by atoms with Crippen LogP contribution in [-0.4, -0.2) is 76.2 Å². The van der Waals surface area contributed by atoms with Gasteiger partial charge >= 0.3 is 6.03 Å². The number of nitrogens with two attached hydrogens (primary N) is 1. The van der Waals surface area contributed by atoms with Gasteiger partial charge < -0.3 is 25.6 Å². The minimum absolute atomic E-state index is 0.0536. The zero-order valence-corrected chi connectivity index (χ0v) is 19.7. The van der Waals surface area contributed by atoms with Crippen LogP contribution in [0.3, 0.4) is 0 Å². The van der Waals surface area contributed by atoms with Gasteiger partial charge in [-0.1, -0.05) is 13.8 Å². The van der Waals surface area contributed by atoms with Crippen LogP contribution in [0.4, 0.5) is 10.5 Å². The summed E-state index contributed by atoms with van der Waals surface area (Å²) >= 11 is 0. The molecular weight excluding hydrogens is 416 g/mol. The fourth-order valence-corrected chi connectivity index (χ4v) is 5.87. The summed E-state index contributed by atoms with van der Waals surface area (Å²) in [5.74, 6) is 1.07. The van der Waals surface area contributed by atoms with Gasteiger partial charge in [0, 0.05) is 38.4 Å². The normalized spacial score (nSPS) is 22.8. The number of piperidine rings is 1. The predicted octanol–water partition coefficient (Wildman–Crippen LogP) is 1.71.